The number of benzene rings is 1. The number of piperazine rings is 1. The Balaban J connectivity index is 1.89. The minimum atomic E-state index is 0.0907. The molecule has 0 atom stereocenters. The molecule has 1 amide bonds. The molecule has 5 heteroatoms. The van der Waals surface area contributed by atoms with Crippen molar-refractivity contribution in [2.24, 2.45) is 0 Å². The van der Waals surface area contributed by atoms with Gasteiger partial charge in [0.05, 0.1) is 6.54 Å². The molecule has 2 aliphatic heterocycles. The van der Waals surface area contributed by atoms with Gasteiger partial charge in [-0.25, -0.2) is 0 Å². The van der Waals surface area contributed by atoms with Crippen LogP contribution in [0.2, 0.25) is 0 Å². The molecule has 2 heterocycles. The average molecular weight is 234 g/mol. The average Bonchev–Trinajstić information content (AvgIpc) is 2.39. The number of rotatable bonds is 1. The van der Waals surface area contributed by atoms with Gasteiger partial charge in [0, 0.05) is 24.8 Å². The van der Waals surface area contributed by atoms with Gasteiger partial charge in [-0.2, -0.15) is 0 Å². The zero-order valence-electron chi connectivity index (χ0n) is 9.44. The van der Waals surface area contributed by atoms with Crippen LogP contribution in [0.15, 0.2) is 18.2 Å². The van der Waals surface area contributed by atoms with Crippen LogP contribution in [0.1, 0.15) is 0 Å². The van der Waals surface area contributed by atoms with Crippen molar-refractivity contribution >= 4 is 11.6 Å². The van der Waals surface area contributed by atoms with Gasteiger partial charge in [-0.1, -0.05) is 0 Å². The first-order valence-corrected chi connectivity index (χ1v) is 5.75. The molecule has 1 aromatic carbocycles. The van der Waals surface area contributed by atoms with Crippen molar-refractivity contribution < 1.29 is 14.3 Å². The van der Waals surface area contributed by atoms with Crippen molar-refractivity contribution in [3.8, 4) is 11.5 Å². The highest BCUT2D eigenvalue weighted by molar-refractivity contribution is 5.95. The van der Waals surface area contributed by atoms with Gasteiger partial charge < -0.3 is 19.7 Å². The van der Waals surface area contributed by atoms with E-state index in [-0.39, 0.29) is 5.91 Å². The number of ether oxygens (including phenoxy) is 2. The number of anilines is 1. The third kappa shape index (κ3) is 1.93. The van der Waals surface area contributed by atoms with Gasteiger partial charge >= 0.3 is 0 Å². The number of hydrogen-bond donors (Lipinski definition) is 1. The van der Waals surface area contributed by atoms with Crippen LogP contribution in [0.5, 0.6) is 11.5 Å². The lowest BCUT2D eigenvalue weighted by molar-refractivity contribution is -0.118. The smallest absolute Gasteiger partial charge is 0.240 e. The van der Waals surface area contributed by atoms with E-state index in [1.165, 1.54) is 0 Å². The van der Waals surface area contributed by atoms with E-state index < -0.39 is 0 Å². The van der Waals surface area contributed by atoms with Gasteiger partial charge in [0.15, 0.2) is 11.5 Å². The molecule has 1 aromatic rings. The highest BCUT2D eigenvalue weighted by atomic mass is 16.6. The van der Waals surface area contributed by atoms with E-state index in [0.717, 1.165) is 23.7 Å². The first-order valence-electron chi connectivity index (χ1n) is 5.75. The molecule has 0 radical (unpaired) electrons. The SMILES string of the molecule is O=C1CNCCN1c1ccc2c(c1)OCCO2. The molecule has 0 aliphatic carbocycles. The Bertz CT molecular complexity index is 447. The topological polar surface area (TPSA) is 50.8 Å². The van der Waals surface area contributed by atoms with Crippen LogP contribution in [0.25, 0.3) is 0 Å². The van der Waals surface area contributed by atoms with E-state index in [4.69, 9.17) is 9.47 Å². The van der Waals surface area contributed by atoms with Crippen LogP contribution in [-0.4, -0.2) is 38.8 Å². The maximum absolute atomic E-state index is 11.8. The highest BCUT2D eigenvalue weighted by Gasteiger charge is 2.21. The lowest BCUT2D eigenvalue weighted by Gasteiger charge is -2.28. The molecule has 90 valence electrons. The summed E-state index contributed by atoms with van der Waals surface area (Å²) in [7, 11) is 0. The van der Waals surface area contributed by atoms with E-state index in [0.29, 0.717) is 26.3 Å². The number of amides is 1. The van der Waals surface area contributed by atoms with Gasteiger partial charge in [-0.3, -0.25) is 4.79 Å². The summed E-state index contributed by atoms with van der Waals surface area (Å²) in [5.41, 5.74) is 0.876. The number of carbonyl (C=O) groups excluding carboxylic acids is 1. The summed E-state index contributed by atoms with van der Waals surface area (Å²) >= 11 is 0. The molecule has 17 heavy (non-hydrogen) atoms. The van der Waals surface area contributed by atoms with Crippen LogP contribution >= 0.6 is 0 Å². The number of carbonyl (C=O) groups is 1. The fourth-order valence-electron chi connectivity index (χ4n) is 2.08. The second kappa shape index (κ2) is 4.25. The number of fused-ring (bicyclic) bond motifs is 1. The quantitative estimate of drug-likeness (QED) is 0.764. The Kier molecular flexibility index (Phi) is 2.60. The van der Waals surface area contributed by atoms with Gasteiger partial charge in [0.1, 0.15) is 13.2 Å². The van der Waals surface area contributed by atoms with Crippen LogP contribution in [-0.2, 0) is 4.79 Å². The predicted molar refractivity (Wildman–Crippen MR) is 62.7 cm³/mol. The van der Waals surface area contributed by atoms with Crippen molar-refractivity contribution in [2.45, 2.75) is 0 Å². The third-order valence-corrected chi connectivity index (χ3v) is 2.93. The second-order valence-electron chi connectivity index (χ2n) is 4.05. The van der Waals surface area contributed by atoms with Gasteiger partial charge in [-0.15, -0.1) is 0 Å². The molecule has 2 aliphatic rings. The summed E-state index contributed by atoms with van der Waals surface area (Å²) in [5.74, 6) is 1.57. The fraction of sp³-hybridized carbons (Fsp3) is 0.417. The van der Waals surface area contributed by atoms with Crippen molar-refractivity contribution in [2.75, 3.05) is 37.7 Å². The van der Waals surface area contributed by atoms with E-state index in [2.05, 4.69) is 5.32 Å². The minimum absolute atomic E-state index is 0.0907. The molecule has 1 N–H and O–H groups in total. The monoisotopic (exact) mass is 234 g/mol. The molecule has 0 spiro atoms. The van der Waals surface area contributed by atoms with Crippen LogP contribution in [0.3, 0.4) is 0 Å². The van der Waals surface area contributed by atoms with Gasteiger partial charge in [0.25, 0.3) is 0 Å². The maximum atomic E-state index is 11.8. The Morgan fingerprint density at radius 3 is 2.82 bits per heavy atom. The van der Waals surface area contributed by atoms with Crippen molar-refractivity contribution in [1.82, 2.24) is 5.32 Å². The summed E-state index contributed by atoms with van der Waals surface area (Å²) in [6.07, 6.45) is 0. The number of hydrogen-bond acceptors (Lipinski definition) is 4. The van der Waals surface area contributed by atoms with Crippen LogP contribution < -0.4 is 19.7 Å². The molecular formula is C12H14N2O3. The number of nitrogens with one attached hydrogen (secondary N) is 1. The lowest BCUT2D eigenvalue weighted by Crippen LogP contribution is -2.48. The molecule has 0 saturated carbocycles. The first-order chi connectivity index (χ1) is 8.34. The largest absolute Gasteiger partial charge is 0.486 e. The lowest BCUT2D eigenvalue weighted by atomic mass is 10.2. The van der Waals surface area contributed by atoms with Gasteiger partial charge in [-0.05, 0) is 12.1 Å². The predicted octanol–water partition coefficient (Wildman–Crippen LogP) is 0.394. The maximum Gasteiger partial charge on any atom is 0.240 e. The molecule has 0 aromatic heterocycles. The van der Waals surface area contributed by atoms with E-state index in [1.807, 2.05) is 18.2 Å². The van der Waals surface area contributed by atoms with Crippen LogP contribution in [0.4, 0.5) is 5.69 Å². The number of nitrogens with zero attached hydrogens (tertiary/aromatic N) is 1. The summed E-state index contributed by atoms with van der Waals surface area (Å²) in [6.45, 7) is 3.05. The van der Waals surface area contributed by atoms with Crippen molar-refractivity contribution in [3.63, 3.8) is 0 Å². The molecule has 5 nitrogen and oxygen atoms in total. The molecular weight excluding hydrogens is 220 g/mol. The molecule has 1 saturated heterocycles. The van der Waals surface area contributed by atoms with Crippen molar-refractivity contribution in [1.29, 1.82) is 0 Å². The first kappa shape index (κ1) is 10.4. The standard InChI is InChI=1S/C12H14N2O3/c15-12-8-13-3-4-14(12)9-1-2-10-11(7-9)17-6-5-16-10/h1-2,7,13H,3-6,8H2. The second-order valence-corrected chi connectivity index (χ2v) is 4.05. The summed E-state index contributed by atoms with van der Waals surface area (Å²) in [5, 5.41) is 3.05. The Hall–Kier alpha value is -1.75. The molecule has 0 unspecified atom stereocenters. The fourth-order valence-corrected chi connectivity index (χ4v) is 2.08. The van der Waals surface area contributed by atoms with Crippen LogP contribution in [0, 0.1) is 0 Å². The normalized spacial score (nSPS) is 19.3. The summed E-state index contributed by atoms with van der Waals surface area (Å²) < 4.78 is 11.0. The molecule has 0 bridgehead atoms. The summed E-state index contributed by atoms with van der Waals surface area (Å²) in [6, 6.07) is 5.63. The van der Waals surface area contributed by atoms with Gasteiger partial charge in [0.2, 0.25) is 5.91 Å². The van der Waals surface area contributed by atoms with E-state index >= 15 is 0 Å². The molecule has 1 fully saturated rings. The Morgan fingerprint density at radius 2 is 2.00 bits per heavy atom. The van der Waals surface area contributed by atoms with Crippen molar-refractivity contribution in [3.05, 3.63) is 18.2 Å². The molecule has 3 rings (SSSR count). The highest BCUT2D eigenvalue weighted by Crippen LogP contribution is 2.34. The summed E-state index contributed by atoms with van der Waals surface area (Å²) in [4.78, 5) is 13.5. The van der Waals surface area contributed by atoms with E-state index in [9.17, 15) is 4.79 Å². The Labute approximate surface area is 99.3 Å². The third-order valence-electron chi connectivity index (χ3n) is 2.93. The zero-order valence-corrected chi connectivity index (χ0v) is 9.44. The minimum Gasteiger partial charge on any atom is -0.486 e. The van der Waals surface area contributed by atoms with E-state index in [1.54, 1.807) is 4.90 Å². The Morgan fingerprint density at radius 1 is 1.18 bits per heavy atom. The zero-order chi connectivity index (χ0) is 11.7.